The highest BCUT2D eigenvalue weighted by Crippen LogP contribution is 2.30. The number of aromatic nitrogens is 1. The lowest BCUT2D eigenvalue weighted by Crippen LogP contribution is -2.37. The van der Waals surface area contributed by atoms with Crippen molar-refractivity contribution in [1.29, 1.82) is 0 Å². The van der Waals surface area contributed by atoms with Crippen LogP contribution in [0.15, 0.2) is 53.5 Å². The highest BCUT2D eigenvalue weighted by Gasteiger charge is 2.25. The van der Waals surface area contributed by atoms with Crippen LogP contribution in [0.4, 0.5) is 10.5 Å². The van der Waals surface area contributed by atoms with Gasteiger partial charge < -0.3 is 44.0 Å². The maximum atomic E-state index is 13.8. The van der Waals surface area contributed by atoms with Crippen molar-refractivity contribution in [2.75, 3.05) is 31.7 Å². The van der Waals surface area contributed by atoms with Crippen molar-refractivity contribution in [3.05, 3.63) is 80.7 Å². The van der Waals surface area contributed by atoms with Gasteiger partial charge in [0.25, 0.3) is 5.56 Å². The summed E-state index contributed by atoms with van der Waals surface area (Å²) in [6, 6.07) is 10.4. The van der Waals surface area contributed by atoms with Gasteiger partial charge in [0, 0.05) is 22.3 Å². The molecule has 286 valence electrons. The molecule has 0 spiro atoms. The predicted octanol–water partition coefficient (Wildman–Crippen LogP) is 7.55. The van der Waals surface area contributed by atoms with Gasteiger partial charge in [0.2, 0.25) is 0 Å². The molecule has 3 rings (SSSR count). The second kappa shape index (κ2) is 18.0. The Balaban J connectivity index is 1.85. The number of carbonyl (C=O) groups excluding carboxylic acids is 2. The lowest BCUT2D eigenvalue weighted by atomic mass is 10.0. The van der Waals surface area contributed by atoms with E-state index in [-0.39, 0.29) is 43.1 Å². The van der Waals surface area contributed by atoms with Crippen molar-refractivity contribution >= 4 is 29.3 Å². The smallest absolute Gasteiger partial charge is 0.319 e. The Hall–Kier alpha value is -4.26. The molecule has 3 aromatic rings. The fourth-order valence-electron chi connectivity index (χ4n) is 4.96. The van der Waals surface area contributed by atoms with E-state index in [9.17, 15) is 19.5 Å². The number of benzene rings is 2. The number of aryl methyl sites for hydroxylation is 1. The molecule has 3 N–H and O–H groups in total. The molecule has 0 unspecified atom stereocenters. The van der Waals surface area contributed by atoms with Crippen LogP contribution in [0.5, 0.6) is 17.2 Å². The minimum Gasteiger partial charge on any atom is -0.505 e. The molecule has 2 aromatic carbocycles. The molecule has 2 amide bonds. The number of amides is 2. The third-order valence-corrected chi connectivity index (χ3v) is 7.55. The summed E-state index contributed by atoms with van der Waals surface area (Å²) < 4.78 is 30.2. The van der Waals surface area contributed by atoms with Crippen LogP contribution in [0.1, 0.15) is 91.5 Å². The minimum absolute atomic E-state index is 0.0137. The minimum atomic E-state index is -0.886. The molecule has 0 aliphatic rings. The first-order valence-corrected chi connectivity index (χ1v) is 17.6. The highest BCUT2D eigenvalue weighted by molar-refractivity contribution is 6.31. The van der Waals surface area contributed by atoms with Gasteiger partial charge in [-0.15, -0.1) is 0 Å². The fourth-order valence-corrected chi connectivity index (χ4v) is 5.19. The number of halogens is 1. The Morgan fingerprint density at radius 2 is 1.48 bits per heavy atom. The number of nitrogens with zero attached hydrogens (tertiary/aromatic N) is 1. The van der Waals surface area contributed by atoms with Gasteiger partial charge in [0.15, 0.2) is 5.69 Å². The first-order chi connectivity index (χ1) is 24.1. The topological polar surface area (TPSA) is 147 Å². The molecule has 0 fully saturated rings. The van der Waals surface area contributed by atoms with Crippen LogP contribution in [0.3, 0.4) is 0 Å². The van der Waals surface area contributed by atoms with Crippen LogP contribution in [-0.2, 0) is 25.5 Å². The van der Waals surface area contributed by atoms with Crippen LogP contribution < -0.4 is 25.7 Å². The van der Waals surface area contributed by atoms with Crippen molar-refractivity contribution in [2.24, 2.45) is 0 Å². The average Bonchev–Trinajstić information content (AvgIpc) is 3.01. The number of carbonyl (C=O) groups is 2. The quantitative estimate of drug-likeness (QED) is 0.106. The van der Waals surface area contributed by atoms with E-state index in [1.165, 1.54) is 10.8 Å². The Bertz CT molecular complexity index is 1740. The molecule has 1 heterocycles. The van der Waals surface area contributed by atoms with Gasteiger partial charge in [-0.2, -0.15) is 0 Å². The summed E-state index contributed by atoms with van der Waals surface area (Å²) in [7, 11) is 0. The van der Waals surface area contributed by atoms with Gasteiger partial charge in [-0.1, -0.05) is 29.8 Å². The lowest BCUT2D eigenvalue weighted by molar-refractivity contribution is -0.155. The Morgan fingerprint density at radius 3 is 2.10 bits per heavy atom. The van der Waals surface area contributed by atoms with Crippen molar-refractivity contribution in [3.63, 3.8) is 0 Å². The lowest BCUT2D eigenvalue weighted by Gasteiger charge is -2.24. The summed E-state index contributed by atoms with van der Waals surface area (Å²) >= 11 is 6.57. The van der Waals surface area contributed by atoms with E-state index in [1.54, 1.807) is 70.2 Å². The van der Waals surface area contributed by atoms with E-state index < -0.39 is 35.0 Å². The zero-order chi connectivity index (χ0) is 38.9. The summed E-state index contributed by atoms with van der Waals surface area (Å²) in [5.41, 5.74) is -1.02. The van der Waals surface area contributed by atoms with Crippen LogP contribution in [0, 0.1) is 6.92 Å². The van der Waals surface area contributed by atoms with Crippen LogP contribution in [-0.4, -0.2) is 64.9 Å². The van der Waals surface area contributed by atoms with Gasteiger partial charge in [0.05, 0.1) is 43.4 Å². The molecule has 12 nitrogen and oxygen atoms in total. The normalized spacial score (nSPS) is 12.6. The number of hydrogen-bond acceptors (Lipinski definition) is 9. The number of esters is 1. The van der Waals surface area contributed by atoms with E-state index in [0.717, 1.165) is 0 Å². The maximum Gasteiger partial charge on any atom is 0.319 e. The standard InChI is InChI=1S/C39H54ClN3O9/c1-25-23-43(24-28-29(40)15-12-16-31(28)49-18-20-51-38(5,6)7)35(46)33(34(25)45)42-36(47)41-30(22-32(44)52-39(8,9)10)26-13-11-14-27(21-26)48-17-19-50-37(2,3)4/h11-16,21,23,30,45H,17-20,22,24H2,1-10H3,(H2,41,42,47)/t30-/m0/s1. The summed E-state index contributed by atoms with van der Waals surface area (Å²) in [6.45, 7) is 19.8. The Labute approximate surface area is 311 Å². The molecule has 0 radical (unpaired) electrons. The monoisotopic (exact) mass is 743 g/mol. The van der Waals surface area contributed by atoms with Gasteiger partial charge in [-0.05, 0) is 99.1 Å². The van der Waals surface area contributed by atoms with E-state index in [2.05, 4.69) is 10.6 Å². The van der Waals surface area contributed by atoms with Crippen molar-refractivity contribution < 1.29 is 38.4 Å². The Morgan fingerprint density at radius 1 is 0.865 bits per heavy atom. The van der Waals surface area contributed by atoms with Crippen molar-refractivity contribution in [1.82, 2.24) is 9.88 Å². The first kappa shape index (κ1) is 42.2. The first-order valence-electron chi connectivity index (χ1n) is 17.2. The molecular formula is C39H54ClN3O9. The summed E-state index contributed by atoms with van der Waals surface area (Å²) in [5, 5.41) is 16.6. The second-order valence-corrected chi connectivity index (χ2v) is 15.7. The molecule has 1 atom stereocenters. The number of hydrogen-bond donors (Lipinski definition) is 3. The summed E-state index contributed by atoms with van der Waals surface area (Å²) in [6.07, 6.45) is 1.25. The zero-order valence-corrected chi connectivity index (χ0v) is 32.7. The largest absolute Gasteiger partial charge is 0.505 e. The average molecular weight is 744 g/mol. The number of nitrogens with one attached hydrogen (secondary N) is 2. The molecular weight excluding hydrogens is 690 g/mol. The molecule has 0 aliphatic carbocycles. The third kappa shape index (κ3) is 14.0. The number of pyridine rings is 1. The molecule has 1 aromatic heterocycles. The summed E-state index contributed by atoms with van der Waals surface area (Å²) in [5.74, 6) is 0.0252. The van der Waals surface area contributed by atoms with Crippen molar-refractivity contribution in [2.45, 2.75) is 105 Å². The summed E-state index contributed by atoms with van der Waals surface area (Å²) in [4.78, 5) is 40.2. The third-order valence-electron chi connectivity index (χ3n) is 7.20. The maximum absolute atomic E-state index is 13.8. The molecule has 0 bridgehead atoms. The fraction of sp³-hybridized carbons (Fsp3) is 0.513. The molecule has 52 heavy (non-hydrogen) atoms. The van der Waals surface area contributed by atoms with E-state index in [0.29, 0.717) is 46.4 Å². The Kier molecular flexibility index (Phi) is 14.6. The van der Waals surface area contributed by atoms with Crippen LogP contribution in [0.2, 0.25) is 5.02 Å². The number of aromatic hydroxyl groups is 1. The van der Waals surface area contributed by atoms with Gasteiger partial charge >= 0.3 is 12.0 Å². The van der Waals surface area contributed by atoms with E-state index >= 15 is 0 Å². The van der Waals surface area contributed by atoms with E-state index in [4.69, 9.17) is 35.3 Å². The zero-order valence-electron chi connectivity index (χ0n) is 32.0. The van der Waals surface area contributed by atoms with Gasteiger partial charge in [0.1, 0.15) is 36.1 Å². The second-order valence-electron chi connectivity index (χ2n) is 15.3. The van der Waals surface area contributed by atoms with Crippen molar-refractivity contribution in [3.8, 4) is 17.2 Å². The number of rotatable bonds is 15. The molecule has 0 aliphatic heterocycles. The highest BCUT2D eigenvalue weighted by atomic mass is 35.5. The number of urea groups is 1. The molecule has 0 saturated heterocycles. The van der Waals surface area contributed by atoms with E-state index in [1.807, 2.05) is 41.5 Å². The van der Waals surface area contributed by atoms with Gasteiger partial charge in [-0.25, -0.2) is 4.79 Å². The van der Waals surface area contributed by atoms with Crippen LogP contribution >= 0.6 is 11.6 Å². The number of anilines is 1. The van der Waals surface area contributed by atoms with Crippen LogP contribution in [0.25, 0.3) is 0 Å². The predicted molar refractivity (Wildman–Crippen MR) is 202 cm³/mol. The number of ether oxygens (including phenoxy) is 5. The molecule has 0 saturated carbocycles. The molecule has 13 heteroatoms. The SMILES string of the molecule is Cc1cn(Cc2c(Cl)cccc2OCCOC(C)(C)C)c(=O)c(NC(=O)N[C@@H](CC(=O)OC(C)(C)C)c2cccc(OCCOC(C)(C)C)c2)c1O. The van der Waals surface area contributed by atoms with Gasteiger partial charge in [-0.3, -0.25) is 9.59 Å².